The summed E-state index contributed by atoms with van der Waals surface area (Å²) < 4.78 is 2.28. The Morgan fingerprint density at radius 1 is 1.42 bits per heavy atom. The summed E-state index contributed by atoms with van der Waals surface area (Å²) in [6.07, 6.45) is 5.11. The summed E-state index contributed by atoms with van der Waals surface area (Å²) in [5.74, 6) is 1.55. The Labute approximate surface area is 74.4 Å². The fraction of sp³-hybridized carbons (Fsp3) is 0.636. The van der Waals surface area contributed by atoms with Crippen LogP contribution in [0.3, 0.4) is 0 Å². The van der Waals surface area contributed by atoms with Crippen molar-refractivity contribution in [3.05, 3.63) is 23.5 Å². The van der Waals surface area contributed by atoms with Crippen molar-refractivity contribution in [2.24, 2.45) is 7.05 Å². The van der Waals surface area contributed by atoms with E-state index in [0.717, 1.165) is 5.92 Å². The van der Waals surface area contributed by atoms with Crippen molar-refractivity contribution in [2.45, 2.75) is 38.5 Å². The monoisotopic (exact) mass is 163 g/mol. The van der Waals surface area contributed by atoms with E-state index < -0.39 is 0 Å². The minimum Gasteiger partial charge on any atom is -0.354 e. The van der Waals surface area contributed by atoms with E-state index in [1.165, 1.54) is 18.5 Å². The molecule has 0 aliphatic heterocycles. The van der Waals surface area contributed by atoms with E-state index in [1.807, 2.05) is 0 Å². The van der Waals surface area contributed by atoms with E-state index >= 15 is 0 Å². The summed E-state index contributed by atoms with van der Waals surface area (Å²) >= 11 is 0. The Kier molecular flexibility index (Phi) is 1.75. The van der Waals surface area contributed by atoms with Crippen LogP contribution in [0.15, 0.2) is 12.3 Å². The third-order valence-corrected chi connectivity index (χ3v) is 2.70. The first kappa shape index (κ1) is 7.90. The van der Waals surface area contributed by atoms with E-state index in [-0.39, 0.29) is 0 Å². The number of aromatic nitrogens is 1. The lowest BCUT2D eigenvalue weighted by atomic mass is 10.1. The molecule has 0 aromatic carbocycles. The maximum Gasteiger partial charge on any atom is 0.0200 e. The molecule has 0 N–H and O–H groups in total. The van der Waals surface area contributed by atoms with Gasteiger partial charge in [-0.3, -0.25) is 0 Å². The highest BCUT2D eigenvalue weighted by molar-refractivity contribution is 5.27. The molecule has 1 aromatic heterocycles. The van der Waals surface area contributed by atoms with E-state index in [2.05, 4.69) is 37.7 Å². The van der Waals surface area contributed by atoms with Gasteiger partial charge in [0.15, 0.2) is 0 Å². The normalized spacial score (nSPS) is 17.3. The molecule has 0 saturated heterocycles. The second-order valence-corrected chi connectivity index (χ2v) is 4.24. The van der Waals surface area contributed by atoms with Gasteiger partial charge in [0.05, 0.1) is 0 Å². The van der Waals surface area contributed by atoms with Crippen molar-refractivity contribution in [3.8, 4) is 0 Å². The van der Waals surface area contributed by atoms with Crippen molar-refractivity contribution in [1.29, 1.82) is 0 Å². The van der Waals surface area contributed by atoms with Crippen LogP contribution in [-0.4, -0.2) is 4.57 Å². The molecule has 1 fully saturated rings. The van der Waals surface area contributed by atoms with Crippen LogP contribution in [0, 0.1) is 0 Å². The zero-order valence-electron chi connectivity index (χ0n) is 8.17. The number of hydrogen-bond acceptors (Lipinski definition) is 0. The van der Waals surface area contributed by atoms with Gasteiger partial charge in [-0.2, -0.15) is 0 Å². The molecule has 1 heterocycles. The Balaban J connectivity index is 2.30. The molecule has 1 heteroatoms. The molecule has 0 radical (unpaired) electrons. The standard InChI is InChI=1S/C11H17N/c1-8(2)11-6-10(7-12(11)3)9-4-5-9/h6-9H,4-5H2,1-3H3. The van der Waals surface area contributed by atoms with E-state index in [4.69, 9.17) is 0 Å². The predicted octanol–water partition coefficient (Wildman–Crippen LogP) is 3.03. The number of aryl methyl sites for hydroxylation is 1. The van der Waals surface area contributed by atoms with Crippen molar-refractivity contribution in [3.63, 3.8) is 0 Å². The summed E-state index contributed by atoms with van der Waals surface area (Å²) in [6.45, 7) is 4.51. The van der Waals surface area contributed by atoms with Gasteiger partial charge in [0.2, 0.25) is 0 Å². The summed E-state index contributed by atoms with van der Waals surface area (Å²) in [6, 6.07) is 2.38. The second-order valence-electron chi connectivity index (χ2n) is 4.24. The zero-order chi connectivity index (χ0) is 8.72. The molecule has 0 amide bonds. The summed E-state index contributed by atoms with van der Waals surface area (Å²) in [5, 5.41) is 0. The maximum absolute atomic E-state index is 2.38. The minimum absolute atomic E-state index is 0.655. The maximum atomic E-state index is 2.38. The lowest BCUT2D eigenvalue weighted by Gasteiger charge is -2.04. The highest BCUT2D eigenvalue weighted by atomic mass is 14.9. The molecule has 0 unspecified atom stereocenters. The average molecular weight is 163 g/mol. The van der Waals surface area contributed by atoms with Gasteiger partial charge in [0, 0.05) is 18.9 Å². The highest BCUT2D eigenvalue weighted by Gasteiger charge is 2.25. The van der Waals surface area contributed by atoms with Gasteiger partial charge in [-0.1, -0.05) is 13.8 Å². The van der Waals surface area contributed by atoms with Crippen LogP contribution >= 0.6 is 0 Å². The first-order valence-corrected chi connectivity index (χ1v) is 4.84. The van der Waals surface area contributed by atoms with Crippen LogP contribution in [0.1, 0.15) is 49.8 Å². The summed E-state index contributed by atoms with van der Waals surface area (Å²) in [7, 11) is 2.15. The van der Waals surface area contributed by atoms with Crippen molar-refractivity contribution >= 4 is 0 Å². The topological polar surface area (TPSA) is 4.93 Å². The van der Waals surface area contributed by atoms with Gasteiger partial charge in [0.25, 0.3) is 0 Å². The Morgan fingerprint density at radius 2 is 2.08 bits per heavy atom. The molecular weight excluding hydrogens is 146 g/mol. The van der Waals surface area contributed by atoms with Crippen LogP contribution in [0.4, 0.5) is 0 Å². The number of nitrogens with zero attached hydrogens (tertiary/aromatic N) is 1. The number of hydrogen-bond donors (Lipinski definition) is 0. The van der Waals surface area contributed by atoms with E-state index in [1.54, 1.807) is 5.56 Å². The quantitative estimate of drug-likeness (QED) is 0.631. The smallest absolute Gasteiger partial charge is 0.0200 e. The molecule has 1 nitrogen and oxygen atoms in total. The first-order chi connectivity index (χ1) is 5.68. The van der Waals surface area contributed by atoms with Gasteiger partial charge in [0.1, 0.15) is 0 Å². The van der Waals surface area contributed by atoms with E-state index in [0.29, 0.717) is 5.92 Å². The predicted molar refractivity (Wildman–Crippen MR) is 51.5 cm³/mol. The molecule has 0 atom stereocenters. The molecule has 1 aromatic rings. The summed E-state index contributed by atoms with van der Waals surface area (Å²) in [5.41, 5.74) is 3.03. The third kappa shape index (κ3) is 1.28. The van der Waals surface area contributed by atoms with Gasteiger partial charge >= 0.3 is 0 Å². The van der Waals surface area contributed by atoms with Gasteiger partial charge in [-0.15, -0.1) is 0 Å². The Bertz CT molecular complexity index is 279. The molecule has 1 saturated carbocycles. The average Bonchev–Trinajstić information content (AvgIpc) is 2.75. The van der Waals surface area contributed by atoms with Crippen LogP contribution in [-0.2, 0) is 7.05 Å². The van der Waals surface area contributed by atoms with Gasteiger partial charge < -0.3 is 4.57 Å². The Hall–Kier alpha value is -0.720. The first-order valence-electron chi connectivity index (χ1n) is 4.84. The zero-order valence-corrected chi connectivity index (χ0v) is 8.17. The van der Waals surface area contributed by atoms with Crippen LogP contribution in [0.2, 0.25) is 0 Å². The third-order valence-electron chi connectivity index (χ3n) is 2.70. The minimum atomic E-state index is 0.655. The van der Waals surface area contributed by atoms with E-state index in [9.17, 15) is 0 Å². The number of rotatable bonds is 2. The molecule has 66 valence electrons. The van der Waals surface area contributed by atoms with Crippen LogP contribution in [0.25, 0.3) is 0 Å². The molecule has 0 bridgehead atoms. The fourth-order valence-corrected chi connectivity index (χ4v) is 1.82. The molecule has 0 spiro atoms. The highest BCUT2D eigenvalue weighted by Crippen LogP contribution is 2.41. The van der Waals surface area contributed by atoms with Gasteiger partial charge in [-0.25, -0.2) is 0 Å². The molecule has 12 heavy (non-hydrogen) atoms. The molecule has 2 rings (SSSR count). The fourth-order valence-electron chi connectivity index (χ4n) is 1.82. The van der Waals surface area contributed by atoms with Crippen molar-refractivity contribution in [2.75, 3.05) is 0 Å². The van der Waals surface area contributed by atoms with Gasteiger partial charge in [-0.05, 0) is 36.3 Å². The SMILES string of the molecule is CC(C)c1cc(C2CC2)cn1C. The Morgan fingerprint density at radius 3 is 2.50 bits per heavy atom. The molecular formula is C11H17N. The van der Waals surface area contributed by atoms with Crippen molar-refractivity contribution < 1.29 is 0 Å². The molecule has 1 aliphatic carbocycles. The lowest BCUT2D eigenvalue weighted by molar-refractivity contribution is 0.741. The largest absolute Gasteiger partial charge is 0.354 e. The second kappa shape index (κ2) is 2.65. The van der Waals surface area contributed by atoms with Crippen molar-refractivity contribution in [1.82, 2.24) is 4.57 Å². The summed E-state index contributed by atoms with van der Waals surface area (Å²) in [4.78, 5) is 0. The molecule has 1 aliphatic rings. The lowest BCUT2D eigenvalue weighted by Crippen LogP contribution is -1.95. The van der Waals surface area contributed by atoms with Crippen LogP contribution < -0.4 is 0 Å². The van der Waals surface area contributed by atoms with Crippen LogP contribution in [0.5, 0.6) is 0 Å².